The zero-order chi connectivity index (χ0) is 10.6. The fourth-order valence-corrected chi connectivity index (χ4v) is 2.60. The van der Waals surface area contributed by atoms with Crippen molar-refractivity contribution in [2.75, 3.05) is 0 Å². The van der Waals surface area contributed by atoms with Gasteiger partial charge in [-0.05, 0) is 37.6 Å². The van der Waals surface area contributed by atoms with Gasteiger partial charge in [0, 0.05) is 21.2 Å². The molecule has 1 aromatic rings. The van der Waals surface area contributed by atoms with Gasteiger partial charge in [-0.25, -0.2) is 0 Å². The highest BCUT2D eigenvalue weighted by Crippen LogP contribution is 2.26. The maximum absolute atomic E-state index is 5.80. The molecule has 3 heteroatoms. The fraction of sp³-hybridized carbons (Fsp3) is 0.455. The molecule has 0 bridgehead atoms. The van der Waals surface area contributed by atoms with Gasteiger partial charge >= 0.3 is 0 Å². The molecule has 0 saturated heterocycles. The van der Waals surface area contributed by atoms with E-state index in [1.807, 2.05) is 43.0 Å². The first-order chi connectivity index (χ1) is 6.58. The molecule has 0 amide bonds. The van der Waals surface area contributed by atoms with E-state index in [-0.39, 0.29) is 6.04 Å². The zero-order valence-electron chi connectivity index (χ0n) is 8.53. The molecule has 78 valence electrons. The van der Waals surface area contributed by atoms with Crippen LogP contribution in [-0.2, 0) is 0 Å². The number of halogens is 1. The van der Waals surface area contributed by atoms with Crippen molar-refractivity contribution < 1.29 is 0 Å². The van der Waals surface area contributed by atoms with Crippen LogP contribution in [0.5, 0.6) is 0 Å². The summed E-state index contributed by atoms with van der Waals surface area (Å²) in [5.74, 6) is 0. The highest BCUT2D eigenvalue weighted by atomic mass is 35.5. The maximum atomic E-state index is 5.80. The molecule has 0 aliphatic heterocycles. The molecule has 0 radical (unpaired) electrons. The van der Waals surface area contributed by atoms with E-state index in [1.54, 1.807) is 0 Å². The Balaban J connectivity index is 2.47. The van der Waals surface area contributed by atoms with Gasteiger partial charge in [0.15, 0.2) is 0 Å². The molecule has 0 aliphatic carbocycles. The highest BCUT2D eigenvalue weighted by molar-refractivity contribution is 7.99. The van der Waals surface area contributed by atoms with Crippen molar-refractivity contribution in [1.29, 1.82) is 0 Å². The number of nitrogens with two attached hydrogens (primary N) is 1. The molecule has 2 atom stereocenters. The van der Waals surface area contributed by atoms with Crippen LogP contribution < -0.4 is 5.73 Å². The molecule has 1 nitrogen and oxygen atoms in total. The lowest BCUT2D eigenvalue weighted by molar-refractivity contribution is 0.663. The molecule has 2 N–H and O–H groups in total. The minimum absolute atomic E-state index is 0.268. The Hall–Kier alpha value is -0.180. The molecular formula is C11H16ClNS. The number of hydrogen-bond acceptors (Lipinski definition) is 2. The van der Waals surface area contributed by atoms with Gasteiger partial charge in [-0.2, -0.15) is 0 Å². The fourth-order valence-electron chi connectivity index (χ4n) is 1.32. The predicted octanol–water partition coefficient (Wildman–Crippen LogP) is 3.56. The Morgan fingerprint density at radius 3 is 2.36 bits per heavy atom. The van der Waals surface area contributed by atoms with Crippen LogP contribution in [0.2, 0.25) is 5.02 Å². The van der Waals surface area contributed by atoms with E-state index in [9.17, 15) is 0 Å². The lowest BCUT2D eigenvalue weighted by Gasteiger charge is -2.13. The number of hydrogen-bond donors (Lipinski definition) is 1. The van der Waals surface area contributed by atoms with Crippen molar-refractivity contribution in [3.63, 3.8) is 0 Å². The summed E-state index contributed by atoms with van der Waals surface area (Å²) in [5.41, 5.74) is 5.74. The summed E-state index contributed by atoms with van der Waals surface area (Å²) in [6.07, 6.45) is 1.04. The van der Waals surface area contributed by atoms with E-state index in [1.165, 1.54) is 4.90 Å². The van der Waals surface area contributed by atoms with Gasteiger partial charge in [-0.1, -0.05) is 18.5 Å². The second-order valence-electron chi connectivity index (χ2n) is 3.60. The first kappa shape index (κ1) is 11.9. The minimum Gasteiger partial charge on any atom is -0.328 e. The topological polar surface area (TPSA) is 26.0 Å². The SMILES string of the molecule is CC(N)CC(C)Sc1ccc(Cl)cc1. The molecule has 14 heavy (non-hydrogen) atoms. The Bertz CT molecular complexity index is 271. The average Bonchev–Trinajstić information content (AvgIpc) is 2.07. The van der Waals surface area contributed by atoms with Gasteiger partial charge in [-0.3, -0.25) is 0 Å². The molecule has 2 unspecified atom stereocenters. The Morgan fingerprint density at radius 1 is 1.29 bits per heavy atom. The molecule has 0 fully saturated rings. The summed E-state index contributed by atoms with van der Waals surface area (Å²) in [4.78, 5) is 1.25. The van der Waals surface area contributed by atoms with E-state index in [4.69, 9.17) is 17.3 Å². The van der Waals surface area contributed by atoms with Crippen LogP contribution in [0.4, 0.5) is 0 Å². The molecule has 0 saturated carbocycles. The van der Waals surface area contributed by atoms with Crippen LogP contribution >= 0.6 is 23.4 Å². The molecule has 0 aliphatic rings. The molecule has 0 spiro atoms. The van der Waals surface area contributed by atoms with E-state index in [2.05, 4.69) is 6.92 Å². The van der Waals surface area contributed by atoms with Crippen molar-refractivity contribution in [2.24, 2.45) is 5.73 Å². The molecule has 0 aromatic heterocycles. The smallest absolute Gasteiger partial charge is 0.0406 e. The second kappa shape index (κ2) is 5.64. The van der Waals surface area contributed by atoms with Crippen molar-refractivity contribution in [1.82, 2.24) is 0 Å². The average molecular weight is 230 g/mol. The third-order valence-electron chi connectivity index (χ3n) is 1.85. The number of rotatable bonds is 4. The van der Waals surface area contributed by atoms with Crippen LogP contribution in [0.25, 0.3) is 0 Å². The van der Waals surface area contributed by atoms with E-state index in [0.717, 1.165) is 11.4 Å². The zero-order valence-corrected chi connectivity index (χ0v) is 10.1. The van der Waals surface area contributed by atoms with Crippen LogP contribution in [0.3, 0.4) is 0 Å². The monoisotopic (exact) mass is 229 g/mol. The van der Waals surface area contributed by atoms with Gasteiger partial charge in [0.1, 0.15) is 0 Å². The molecule has 1 aromatic carbocycles. The third-order valence-corrected chi connectivity index (χ3v) is 3.25. The summed E-state index contributed by atoms with van der Waals surface area (Å²) in [7, 11) is 0. The van der Waals surface area contributed by atoms with Crippen LogP contribution in [0, 0.1) is 0 Å². The minimum atomic E-state index is 0.268. The first-order valence-corrected chi connectivity index (χ1v) is 6.01. The summed E-state index contributed by atoms with van der Waals surface area (Å²) in [5, 5.41) is 1.34. The number of benzene rings is 1. The summed E-state index contributed by atoms with van der Waals surface area (Å²) in [6, 6.07) is 8.20. The van der Waals surface area contributed by atoms with Gasteiger partial charge < -0.3 is 5.73 Å². The van der Waals surface area contributed by atoms with Gasteiger partial charge in [0.25, 0.3) is 0 Å². The summed E-state index contributed by atoms with van der Waals surface area (Å²) >= 11 is 7.65. The molecule has 1 rings (SSSR count). The van der Waals surface area contributed by atoms with Crippen LogP contribution in [0.1, 0.15) is 20.3 Å². The lowest BCUT2D eigenvalue weighted by atomic mass is 10.2. The van der Waals surface area contributed by atoms with Crippen LogP contribution in [-0.4, -0.2) is 11.3 Å². The van der Waals surface area contributed by atoms with Crippen molar-refractivity contribution in [2.45, 2.75) is 36.5 Å². The third kappa shape index (κ3) is 4.36. The lowest BCUT2D eigenvalue weighted by Crippen LogP contribution is -2.19. The molecule has 0 heterocycles. The van der Waals surface area contributed by atoms with Gasteiger partial charge in [0.2, 0.25) is 0 Å². The van der Waals surface area contributed by atoms with Gasteiger partial charge in [-0.15, -0.1) is 11.8 Å². The number of thioether (sulfide) groups is 1. The highest BCUT2D eigenvalue weighted by Gasteiger charge is 2.06. The molecular weight excluding hydrogens is 214 g/mol. The quantitative estimate of drug-likeness (QED) is 0.800. The van der Waals surface area contributed by atoms with Gasteiger partial charge in [0.05, 0.1) is 0 Å². The Labute approximate surface area is 95.0 Å². The summed E-state index contributed by atoms with van der Waals surface area (Å²) < 4.78 is 0. The van der Waals surface area contributed by atoms with E-state index in [0.29, 0.717) is 5.25 Å². The van der Waals surface area contributed by atoms with Crippen LogP contribution in [0.15, 0.2) is 29.2 Å². The predicted molar refractivity (Wildman–Crippen MR) is 65.0 cm³/mol. The second-order valence-corrected chi connectivity index (χ2v) is 5.54. The van der Waals surface area contributed by atoms with Crippen molar-refractivity contribution in [3.8, 4) is 0 Å². The van der Waals surface area contributed by atoms with Crippen molar-refractivity contribution in [3.05, 3.63) is 29.3 Å². The van der Waals surface area contributed by atoms with E-state index >= 15 is 0 Å². The summed E-state index contributed by atoms with van der Waals surface area (Å²) in [6.45, 7) is 4.24. The Kier molecular flexibility index (Phi) is 4.79. The first-order valence-electron chi connectivity index (χ1n) is 4.75. The van der Waals surface area contributed by atoms with E-state index < -0.39 is 0 Å². The van der Waals surface area contributed by atoms with Crippen molar-refractivity contribution >= 4 is 23.4 Å². The normalized spacial score (nSPS) is 15.1. The maximum Gasteiger partial charge on any atom is 0.0406 e. The largest absolute Gasteiger partial charge is 0.328 e. The standard InChI is InChI=1S/C11H16ClNS/c1-8(13)7-9(2)14-11-5-3-10(12)4-6-11/h3-6,8-9H,7,13H2,1-2H3. The Morgan fingerprint density at radius 2 is 1.86 bits per heavy atom.